The Kier molecular flexibility index (Phi) is 5.34. The molecule has 4 N–H and O–H groups in total. The third kappa shape index (κ3) is 3.71. The molecule has 1 fully saturated rings. The minimum absolute atomic E-state index is 0.0213. The summed E-state index contributed by atoms with van der Waals surface area (Å²) in [7, 11) is 0. The van der Waals surface area contributed by atoms with Crippen LogP contribution in [0.25, 0.3) is 11.6 Å². The molecule has 162 valence electrons. The summed E-state index contributed by atoms with van der Waals surface area (Å²) in [5.41, 5.74) is 3.25. The van der Waals surface area contributed by atoms with E-state index in [0.29, 0.717) is 33.8 Å². The second kappa shape index (κ2) is 7.97. The lowest BCUT2D eigenvalue weighted by Gasteiger charge is -2.13. The molecule has 3 amide bonds. The van der Waals surface area contributed by atoms with Crippen LogP contribution in [0.15, 0.2) is 18.2 Å². The number of rotatable bonds is 5. The molecule has 0 saturated carbocycles. The smallest absolute Gasteiger partial charge is 0.271 e. The Morgan fingerprint density at radius 2 is 2.16 bits per heavy atom. The maximum Gasteiger partial charge on any atom is 0.271 e. The molecule has 0 radical (unpaired) electrons. The predicted molar refractivity (Wildman–Crippen MR) is 109 cm³/mol. The number of aliphatic hydroxyl groups is 1. The van der Waals surface area contributed by atoms with E-state index in [4.69, 9.17) is 9.94 Å². The average Bonchev–Trinajstić information content (AvgIpc) is 3.31. The molecule has 0 spiro atoms. The molecule has 1 atom stereocenters. The lowest BCUT2D eigenvalue weighted by Crippen LogP contribution is -2.43. The van der Waals surface area contributed by atoms with Gasteiger partial charge in [0.15, 0.2) is 0 Å². The monoisotopic (exact) mass is 428 g/mol. The number of hydrogen-bond acceptors (Lipinski definition) is 5. The number of halogens is 1. The van der Waals surface area contributed by atoms with Gasteiger partial charge in [-0.05, 0) is 43.7 Å². The number of H-pyrrole nitrogens is 1. The number of fused-ring (bicyclic) bond motifs is 1. The molecule has 1 aromatic heterocycles. The molecular formula is C21H21FN4O5. The SMILES string of the molecule is Cc1[nH]c(/C=C2\C(=O)Nc3ccc(F)cc32)c(C)c1C(=O)N[C@@H]1CON(CCO)C1=O. The molecule has 2 aliphatic heterocycles. The van der Waals surface area contributed by atoms with Gasteiger partial charge in [0.05, 0.1) is 24.3 Å². The zero-order valence-electron chi connectivity index (χ0n) is 16.9. The second-order valence-electron chi connectivity index (χ2n) is 7.35. The van der Waals surface area contributed by atoms with Crippen molar-refractivity contribution in [2.24, 2.45) is 0 Å². The van der Waals surface area contributed by atoms with Crippen molar-refractivity contribution in [2.75, 3.05) is 25.1 Å². The first-order chi connectivity index (χ1) is 14.8. The van der Waals surface area contributed by atoms with Crippen LogP contribution in [0.4, 0.5) is 10.1 Å². The van der Waals surface area contributed by atoms with Gasteiger partial charge in [-0.1, -0.05) is 0 Å². The quantitative estimate of drug-likeness (QED) is 0.532. The summed E-state index contributed by atoms with van der Waals surface area (Å²) in [5.74, 6) is -1.72. The van der Waals surface area contributed by atoms with Crippen molar-refractivity contribution in [2.45, 2.75) is 19.9 Å². The number of carbonyl (C=O) groups is 3. The number of benzene rings is 1. The number of aliphatic hydroxyl groups excluding tert-OH is 1. The topological polar surface area (TPSA) is 124 Å². The van der Waals surface area contributed by atoms with Gasteiger partial charge in [0.2, 0.25) is 0 Å². The van der Waals surface area contributed by atoms with Gasteiger partial charge in [-0.15, -0.1) is 0 Å². The Morgan fingerprint density at radius 3 is 2.90 bits per heavy atom. The van der Waals surface area contributed by atoms with Gasteiger partial charge >= 0.3 is 0 Å². The molecule has 1 saturated heterocycles. The minimum atomic E-state index is -0.856. The van der Waals surface area contributed by atoms with E-state index in [1.165, 1.54) is 18.2 Å². The molecule has 9 nitrogen and oxygen atoms in total. The van der Waals surface area contributed by atoms with E-state index in [0.717, 1.165) is 5.06 Å². The molecule has 0 aliphatic carbocycles. The van der Waals surface area contributed by atoms with E-state index < -0.39 is 23.7 Å². The molecule has 31 heavy (non-hydrogen) atoms. The van der Waals surface area contributed by atoms with E-state index in [1.54, 1.807) is 19.9 Å². The molecule has 3 heterocycles. The number of aryl methyl sites for hydroxylation is 1. The Hall–Kier alpha value is -3.50. The van der Waals surface area contributed by atoms with Gasteiger partial charge in [-0.3, -0.25) is 19.2 Å². The van der Waals surface area contributed by atoms with Crippen LogP contribution in [0.5, 0.6) is 0 Å². The molecule has 2 aromatic rings. The number of nitrogens with zero attached hydrogens (tertiary/aromatic N) is 1. The van der Waals surface area contributed by atoms with Crippen molar-refractivity contribution in [3.05, 3.63) is 52.1 Å². The first-order valence-corrected chi connectivity index (χ1v) is 9.68. The zero-order valence-corrected chi connectivity index (χ0v) is 16.9. The predicted octanol–water partition coefficient (Wildman–Crippen LogP) is 1.13. The van der Waals surface area contributed by atoms with Gasteiger partial charge in [-0.25, -0.2) is 9.45 Å². The number of hydroxylamine groups is 2. The summed E-state index contributed by atoms with van der Waals surface area (Å²) >= 11 is 0. The second-order valence-corrected chi connectivity index (χ2v) is 7.35. The van der Waals surface area contributed by atoms with Crippen LogP contribution in [0.2, 0.25) is 0 Å². The fourth-order valence-corrected chi connectivity index (χ4v) is 3.78. The zero-order chi connectivity index (χ0) is 22.3. The summed E-state index contributed by atoms with van der Waals surface area (Å²) in [4.78, 5) is 45.7. The highest BCUT2D eigenvalue weighted by Gasteiger charge is 2.35. The lowest BCUT2D eigenvalue weighted by molar-refractivity contribution is -0.163. The van der Waals surface area contributed by atoms with Crippen molar-refractivity contribution in [3.63, 3.8) is 0 Å². The number of nitrogens with one attached hydrogen (secondary N) is 3. The highest BCUT2D eigenvalue weighted by molar-refractivity contribution is 6.34. The maximum atomic E-state index is 13.7. The maximum absolute atomic E-state index is 13.7. The Morgan fingerprint density at radius 1 is 1.39 bits per heavy atom. The Labute approximate surface area is 176 Å². The number of aromatic amines is 1. The summed E-state index contributed by atoms with van der Waals surface area (Å²) in [6.45, 7) is 3.18. The van der Waals surface area contributed by atoms with Crippen LogP contribution in [-0.2, 0) is 14.4 Å². The first-order valence-electron chi connectivity index (χ1n) is 9.68. The van der Waals surface area contributed by atoms with Gasteiger partial charge < -0.3 is 20.7 Å². The number of hydrogen-bond donors (Lipinski definition) is 4. The largest absolute Gasteiger partial charge is 0.394 e. The molecule has 0 bridgehead atoms. The highest BCUT2D eigenvalue weighted by atomic mass is 19.1. The summed E-state index contributed by atoms with van der Waals surface area (Å²) < 4.78 is 13.7. The normalized spacial score (nSPS) is 19.2. The molecule has 4 rings (SSSR count). The highest BCUT2D eigenvalue weighted by Crippen LogP contribution is 2.34. The number of carbonyl (C=O) groups excluding carboxylic acids is 3. The van der Waals surface area contributed by atoms with E-state index >= 15 is 0 Å². The van der Waals surface area contributed by atoms with Gasteiger partial charge in [-0.2, -0.15) is 0 Å². The van der Waals surface area contributed by atoms with Crippen LogP contribution in [-0.4, -0.2) is 58.7 Å². The van der Waals surface area contributed by atoms with Gasteiger partial charge in [0.1, 0.15) is 18.5 Å². The van der Waals surface area contributed by atoms with Crippen LogP contribution < -0.4 is 10.6 Å². The number of anilines is 1. The molecule has 2 aliphatic rings. The van der Waals surface area contributed by atoms with Gasteiger partial charge in [0.25, 0.3) is 17.7 Å². The van der Waals surface area contributed by atoms with Crippen molar-refractivity contribution in [3.8, 4) is 0 Å². The fourth-order valence-electron chi connectivity index (χ4n) is 3.78. The lowest BCUT2D eigenvalue weighted by atomic mass is 10.0. The van der Waals surface area contributed by atoms with Crippen molar-refractivity contribution >= 4 is 35.1 Å². The standard InChI is InChI=1S/C21H21FN4O5/c1-10-16(8-14-13-7-12(22)3-4-15(13)24-19(14)28)23-11(2)18(10)20(29)25-17-9-31-26(5-6-27)21(17)30/h3-4,7-8,17,23,27H,5-6,9H2,1-2H3,(H,24,28)(H,25,29)/b14-8-/t17-/m1/s1. The van der Waals surface area contributed by atoms with E-state index in [1.807, 2.05) is 0 Å². The molecule has 1 aromatic carbocycles. The molecular weight excluding hydrogens is 407 g/mol. The summed E-state index contributed by atoms with van der Waals surface area (Å²) in [5, 5.41) is 15.3. The third-order valence-corrected chi connectivity index (χ3v) is 5.31. The van der Waals surface area contributed by atoms with Crippen LogP contribution in [0.3, 0.4) is 0 Å². The number of β-amino-alcohol motifs (C(OH)–C–C–N with tert-alkyl or cyclic N) is 1. The van der Waals surface area contributed by atoms with Crippen LogP contribution in [0, 0.1) is 19.7 Å². The van der Waals surface area contributed by atoms with Gasteiger partial charge in [0, 0.05) is 22.6 Å². The fraction of sp³-hybridized carbons (Fsp3) is 0.286. The van der Waals surface area contributed by atoms with Crippen molar-refractivity contribution in [1.82, 2.24) is 15.4 Å². The minimum Gasteiger partial charge on any atom is -0.394 e. The van der Waals surface area contributed by atoms with E-state index in [2.05, 4.69) is 15.6 Å². The summed E-state index contributed by atoms with van der Waals surface area (Å²) in [6, 6.07) is 3.19. The Bertz CT molecular complexity index is 1120. The van der Waals surface area contributed by atoms with E-state index in [-0.39, 0.29) is 31.2 Å². The van der Waals surface area contributed by atoms with Crippen LogP contribution in [0.1, 0.15) is 32.9 Å². The number of amides is 3. The van der Waals surface area contributed by atoms with Crippen LogP contribution >= 0.6 is 0 Å². The molecule has 10 heteroatoms. The van der Waals surface area contributed by atoms with Crippen molar-refractivity contribution in [1.29, 1.82) is 0 Å². The average molecular weight is 428 g/mol. The first kappa shape index (κ1) is 20.8. The summed E-state index contributed by atoms with van der Waals surface area (Å²) in [6.07, 6.45) is 1.58. The molecule has 0 unspecified atom stereocenters. The van der Waals surface area contributed by atoms with E-state index in [9.17, 15) is 18.8 Å². The number of aromatic nitrogens is 1. The Balaban J connectivity index is 1.60. The third-order valence-electron chi connectivity index (χ3n) is 5.31. The van der Waals surface area contributed by atoms with Crippen molar-refractivity contribution < 1.29 is 28.7 Å².